The van der Waals surface area contributed by atoms with Crippen molar-refractivity contribution in [2.24, 2.45) is 0 Å². The van der Waals surface area contributed by atoms with Crippen LogP contribution in [0.5, 0.6) is 5.75 Å². The lowest BCUT2D eigenvalue weighted by Crippen LogP contribution is -1.94. The summed E-state index contributed by atoms with van der Waals surface area (Å²) < 4.78 is 6.04. The van der Waals surface area contributed by atoms with Crippen molar-refractivity contribution in [3.8, 4) is 5.75 Å². The van der Waals surface area contributed by atoms with Crippen LogP contribution in [0.25, 0.3) is 10.2 Å². The van der Waals surface area contributed by atoms with E-state index in [2.05, 4.69) is 4.98 Å². The highest BCUT2D eigenvalue weighted by Crippen LogP contribution is 2.25. The Labute approximate surface area is 125 Å². The molecule has 1 N–H and O–H groups in total. The summed E-state index contributed by atoms with van der Waals surface area (Å²) in [5.74, 6) is -0.0869. The summed E-state index contributed by atoms with van der Waals surface area (Å²) in [6.45, 7) is 0. The average Bonchev–Trinajstić information content (AvgIpc) is 2.89. The van der Waals surface area contributed by atoms with Gasteiger partial charge in [0.05, 0.1) is 27.9 Å². The van der Waals surface area contributed by atoms with E-state index in [9.17, 15) is 4.79 Å². The maximum Gasteiger partial charge on any atom is 0.335 e. The number of rotatable bonds is 4. The van der Waals surface area contributed by atoms with Crippen LogP contribution in [0.2, 0.25) is 0 Å². The minimum atomic E-state index is -0.915. The van der Waals surface area contributed by atoms with Gasteiger partial charge >= 0.3 is 5.97 Å². The van der Waals surface area contributed by atoms with Crippen LogP contribution in [-0.4, -0.2) is 23.2 Å². The van der Waals surface area contributed by atoms with E-state index in [1.165, 1.54) is 11.3 Å². The van der Waals surface area contributed by atoms with Crippen LogP contribution in [0, 0.1) is 0 Å². The predicted octanol–water partition coefficient (Wildman–Crippen LogP) is 3.59. The van der Waals surface area contributed by atoms with Crippen molar-refractivity contribution in [1.29, 1.82) is 0 Å². The molecule has 1 aromatic heterocycles. The molecule has 0 fully saturated rings. The van der Waals surface area contributed by atoms with Gasteiger partial charge in [-0.05, 0) is 35.9 Å². The topological polar surface area (TPSA) is 59.4 Å². The van der Waals surface area contributed by atoms with Crippen LogP contribution in [0.15, 0.2) is 42.5 Å². The molecule has 0 atom stereocenters. The molecule has 3 rings (SSSR count). The van der Waals surface area contributed by atoms with Crippen LogP contribution in [0.3, 0.4) is 0 Å². The molecule has 0 saturated heterocycles. The maximum absolute atomic E-state index is 11.0. The fraction of sp³-hybridized carbons (Fsp3) is 0.125. The summed E-state index contributed by atoms with van der Waals surface area (Å²) in [6, 6.07) is 12.9. The molecule has 0 aliphatic heterocycles. The number of ether oxygens (including phenoxy) is 1. The largest absolute Gasteiger partial charge is 0.497 e. The number of carboxylic acid groups (broad SMARTS) is 1. The standard InChI is InChI=1S/C16H13NO3S/c1-20-12-5-2-10(3-6-12)8-15-17-13-7-4-11(16(18)19)9-14(13)21-15/h2-7,9H,8H2,1H3,(H,18,19). The van der Waals surface area contributed by atoms with Gasteiger partial charge in [-0.15, -0.1) is 11.3 Å². The van der Waals surface area contributed by atoms with Crippen LogP contribution in [-0.2, 0) is 6.42 Å². The van der Waals surface area contributed by atoms with E-state index in [-0.39, 0.29) is 0 Å². The van der Waals surface area contributed by atoms with Crippen molar-refractivity contribution in [3.63, 3.8) is 0 Å². The fourth-order valence-corrected chi connectivity index (χ4v) is 3.14. The number of aromatic nitrogens is 1. The zero-order valence-electron chi connectivity index (χ0n) is 11.4. The summed E-state index contributed by atoms with van der Waals surface area (Å²) in [6.07, 6.45) is 0.728. The Kier molecular flexibility index (Phi) is 3.58. The Morgan fingerprint density at radius 2 is 2.00 bits per heavy atom. The summed E-state index contributed by atoms with van der Waals surface area (Å²) in [5, 5.41) is 9.98. The lowest BCUT2D eigenvalue weighted by Gasteiger charge is -2.01. The van der Waals surface area contributed by atoms with Gasteiger partial charge in [-0.3, -0.25) is 0 Å². The second-order valence-corrected chi connectivity index (χ2v) is 5.74. The van der Waals surface area contributed by atoms with Crippen molar-refractivity contribution < 1.29 is 14.6 Å². The van der Waals surface area contributed by atoms with E-state index in [1.807, 2.05) is 24.3 Å². The third-order valence-electron chi connectivity index (χ3n) is 3.19. The van der Waals surface area contributed by atoms with Crippen molar-refractivity contribution >= 4 is 27.5 Å². The monoisotopic (exact) mass is 299 g/mol. The first-order valence-corrected chi connectivity index (χ1v) is 7.23. The molecule has 0 unspecified atom stereocenters. The van der Waals surface area contributed by atoms with Crippen LogP contribution in [0.1, 0.15) is 20.9 Å². The molecule has 0 spiro atoms. The molecule has 0 bridgehead atoms. The lowest BCUT2D eigenvalue weighted by atomic mass is 10.1. The smallest absolute Gasteiger partial charge is 0.335 e. The zero-order valence-corrected chi connectivity index (χ0v) is 12.2. The van der Waals surface area contributed by atoms with Gasteiger partial charge in [0.25, 0.3) is 0 Å². The third kappa shape index (κ3) is 2.87. The number of hydrogen-bond donors (Lipinski definition) is 1. The quantitative estimate of drug-likeness (QED) is 0.799. The summed E-state index contributed by atoms with van der Waals surface area (Å²) in [5.41, 5.74) is 2.28. The van der Waals surface area contributed by atoms with Crippen LogP contribution < -0.4 is 4.74 Å². The minimum absolute atomic E-state index is 0.294. The van der Waals surface area contributed by atoms with E-state index in [0.717, 1.165) is 33.0 Å². The highest BCUT2D eigenvalue weighted by Gasteiger charge is 2.08. The van der Waals surface area contributed by atoms with Gasteiger partial charge in [-0.25, -0.2) is 9.78 Å². The lowest BCUT2D eigenvalue weighted by molar-refractivity contribution is 0.0697. The van der Waals surface area contributed by atoms with E-state index < -0.39 is 5.97 Å². The van der Waals surface area contributed by atoms with Gasteiger partial charge in [0.1, 0.15) is 5.75 Å². The Morgan fingerprint density at radius 1 is 1.24 bits per heavy atom. The minimum Gasteiger partial charge on any atom is -0.497 e. The number of fused-ring (bicyclic) bond motifs is 1. The molecule has 3 aromatic rings. The molecule has 106 valence electrons. The first-order chi connectivity index (χ1) is 10.2. The van der Waals surface area contributed by atoms with Gasteiger partial charge in [0, 0.05) is 6.42 Å². The van der Waals surface area contributed by atoms with E-state index in [1.54, 1.807) is 25.3 Å². The first kappa shape index (κ1) is 13.6. The molecule has 0 aliphatic carbocycles. The molecule has 21 heavy (non-hydrogen) atoms. The first-order valence-electron chi connectivity index (χ1n) is 6.41. The van der Waals surface area contributed by atoms with Crippen LogP contribution >= 0.6 is 11.3 Å². The van der Waals surface area contributed by atoms with Crippen LogP contribution in [0.4, 0.5) is 0 Å². The second-order valence-electron chi connectivity index (χ2n) is 4.62. The van der Waals surface area contributed by atoms with E-state index in [4.69, 9.17) is 9.84 Å². The molecule has 4 nitrogen and oxygen atoms in total. The zero-order chi connectivity index (χ0) is 14.8. The number of thiazole rings is 1. The van der Waals surface area contributed by atoms with Gasteiger partial charge in [-0.2, -0.15) is 0 Å². The number of carboxylic acids is 1. The molecule has 5 heteroatoms. The molecular weight excluding hydrogens is 286 g/mol. The number of carbonyl (C=O) groups is 1. The molecule has 0 radical (unpaired) electrons. The van der Waals surface area contributed by atoms with Gasteiger partial charge < -0.3 is 9.84 Å². The molecule has 0 saturated carbocycles. The van der Waals surface area contributed by atoms with Crippen molar-refractivity contribution in [2.75, 3.05) is 7.11 Å². The maximum atomic E-state index is 11.0. The fourth-order valence-electron chi connectivity index (χ4n) is 2.10. The number of methoxy groups -OCH3 is 1. The predicted molar refractivity (Wildman–Crippen MR) is 82.4 cm³/mol. The van der Waals surface area contributed by atoms with Crippen molar-refractivity contribution in [1.82, 2.24) is 4.98 Å². The van der Waals surface area contributed by atoms with Crippen molar-refractivity contribution in [3.05, 3.63) is 58.6 Å². The number of benzene rings is 2. The second kappa shape index (κ2) is 5.54. The summed E-state index contributed by atoms with van der Waals surface area (Å²) in [7, 11) is 1.64. The molecule has 0 aliphatic rings. The normalized spacial score (nSPS) is 10.7. The SMILES string of the molecule is COc1ccc(Cc2nc3ccc(C(=O)O)cc3s2)cc1. The van der Waals surface area contributed by atoms with Gasteiger partial charge in [0.15, 0.2) is 0 Å². The van der Waals surface area contributed by atoms with Gasteiger partial charge in [0.2, 0.25) is 0 Å². The molecule has 2 aromatic carbocycles. The Balaban J connectivity index is 1.88. The number of hydrogen-bond acceptors (Lipinski definition) is 4. The average molecular weight is 299 g/mol. The highest BCUT2D eigenvalue weighted by atomic mass is 32.1. The number of nitrogens with zero attached hydrogens (tertiary/aromatic N) is 1. The van der Waals surface area contributed by atoms with Gasteiger partial charge in [-0.1, -0.05) is 12.1 Å². The highest BCUT2D eigenvalue weighted by molar-refractivity contribution is 7.18. The van der Waals surface area contributed by atoms with E-state index in [0.29, 0.717) is 5.56 Å². The number of aromatic carboxylic acids is 1. The Hall–Kier alpha value is -2.40. The van der Waals surface area contributed by atoms with Crippen molar-refractivity contribution in [2.45, 2.75) is 6.42 Å². The molecular formula is C16H13NO3S. The third-order valence-corrected chi connectivity index (χ3v) is 4.21. The molecule has 0 amide bonds. The Morgan fingerprint density at radius 3 is 2.67 bits per heavy atom. The summed E-state index contributed by atoms with van der Waals surface area (Å²) in [4.78, 5) is 15.5. The molecule has 1 heterocycles. The Bertz CT molecular complexity index is 793. The summed E-state index contributed by atoms with van der Waals surface area (Å²) >= 11 is 1.53. The van der Waals surface area contributed by atoms with E-state index >= 15 is 0 Å².